The summed E-state index contributed by atoms with van der Waals surface area (Å²) in [6.07, 6.45) is 4.00. The van der Waals surface area contributed by atoms with Crippen LogP contribution in [0.2, 0.25) is 0 Å². The molecule has 0 bridgehead atoms. The monoisotopic (exact) mass is 256 g/mol. The molecule has 0 spiro atoms. The molecule has 5 nitrogen and oxygen atoms in total. The van der Waals surface area contributed by atoms with Crippen molar-refractivity contribution in [2.24, 2.45) is 11.8 Å². The molecule has 0 radical (unpaired) electrons. The maximum absolute atomic E-state index is 11.2. The quantitative estimate of drug-likeness (QED) is 0.758. The van der Waals surface area contributed by atoms with Gasteiger partial charge in [-0.2, -0.15) is 0 Å². The van der Waals surface area contributed by atoms with Crippen molar-refractivity contribution < 1.29 is 24.1 Å². The van der Waals surface area contributed by atoms with Crippen LogP contribution in [-0.4, -0.2) is 42.8 Å². The van der Waals surface area contributed by atoms with Gasteiger partial charge in [-0.05, 0) is 19.3 Å². The fraction of sp³-hybridized carbons (Fsp3) is 0.923. The third-order valence-corrected chi connectivity index (χ3v) is 4.33. The van der Waals surface area contributed by atoms with E-state index in [1.165, 1.54) is 0 Å². The van der Waals surface area contributed by atoms with Crippen LogP contribution in [0.3, 0.4) is 0 Å². The van der Waals surface area contributed by atoms with Gasteiger partial charge in [-0.25, -0.2) is 0 Å². The molecule has 0 amide bonds. The predicted octanol–water partition coefficient (Wildman–Crippen LogP) is 0.842. The third-order valence-electron chi connectivity index (χ3n) is 4.33. The zero-order chi connectivity index (χ0) is 12.5. The Hall–Kier alpha value is -0.650. The van der Waals surface area contributed by atoms with E-state index >= 15 is 0 Å². The summed E-state index contributed by atoms with van der Waals surface area (Å²) < 4.78 is 16.8. The number of fused-ring (bicyclic) bond motifs is 1. The van der Waals surface area contributed by atoms with Gasteiger partial charge in [0.1, 0.15) is 6.10 Å². The van der Waals surface area contributed by atoms with Gasteiger partial charge in [0.05, 0.1) is 12.5 Å². The molecule has 2 saturated heterocycles. The van der Waals surface area contributed by atoms with Crippen LogP contribution in [-0.2, 0) is 19.0 Å². The average molecular weight is 256 g/mol. The number of aliphatic hydroxyl groups is 1. The average Bonchev–Trinajstić information content (AvgIpc) is 2.85. The lowest BCUT2D eigenvalue weighted by Gasteiger charge is -2.29. The minimum atomic E-state index is -0.146. The van der Waals surface area contributed by atoms with E-state index in [1.54, 1.807) is 0 Å². The molecule has 0 aromatic carbocycles. The second-order valence-electron chi connectivity index (χ2n) is 5.45. The maximum atomic E-state index is 11.2. The van der Waals surface area contributed by atoms with E-state index in [9.17, 15) is 9.90 Å². The zero-order valence-corrected chi connectivity index (χ0v) is 10.4. The van der Waals surface area contributed by atoms with Gasteiger partial charge < -0.3 is 19.3 Å². The van der Waals surface area contributed by atoms with Gasteiger partial charge in [0.15, 0.2) is 6.29 Å². The van der Waals surface area contributed by atoms with Gasteiger partial charge in [0.2, 0.25) is 0 Å². The Morgan fingerprint density at radius 2 is 2.28 bits per heavy atom. The van der Waals surface area contributed by atoms with E-state index in [0.717, 1.165) is 25.9 Å². The highest BCUT2D eigenvalue weighted by atomic mass is 16.7. The molecule has 1 N–H and O–H groups in total. The number of carbonyl (C=O) groups excluding carboxylic acids is 1. The number of esters is 1. The summed E-state index contributed by atoms with van der Waals surface area (Å²) in [5.74, 6) is -0.0149. The second kappa shape index (κ2) is 5.15. The van der Waals surface area contributed by atoms with Crippen molar-refractivity contribution in [3.05, 3.63) is 0 Å². The molecule has 5 heteroatoms. The van der Waals surface area contributed by atoms with Crippen LogP contribution in [0.15, 0.2) is 0 Å². The van der Waals surface area contributed by atoms with Gasteiger partial charge in [0, 0.05) is 31.5 Å². The Labute approximate surface area is 106 Å². The molecule has 2 aliphatic heterocycles. The van der Waals surface area contributed by atoms with Gasteiger partial charge in [-0.3, -0.25) is 4.79 Å². The lowest BCUT2D eigenvalue weighted by Crippen LogP contribution is -2.33. The standard InChI is InChI=1S/C13H20O5/c14-7-9-8-5-12(15)17-10(8)6-11(9)18-13-3-1-2-4-16-13/h8-11,13-14H,1-7H2/t8-,9-,10+,11-,13+/m1/s1. The Morgan fingerprint density at radius 1 is 1.39 bits per heavy atom. The van der Waals surface area contributed by atoms with Crippen LogP contribution in [0.1, 0.15) is 32.1 Å². The lowest BCUT2D eigenvalue weighted by molar-refractivity contribution is -0.199. The van der Waals surface area contributed by atoms with Gasteiger partial charge >= 0.3 is 5.97 Å². The van der Waals surface area contributed by atoms with Crippen molar-refractivity contribution in [2.45, 2.75) is 50.6 Å². The summed E-state index contributed by atoms with van der Waals surface area (Å²) in [6, 6.07) is 0. The molecular weight excluding hydrogens is 236 g/mol. The SMILES string of the molecule is O=C1C[C@@H]2[C@@H](CO)[C@H](O[C@H]3CCCCO3)C[C@@H]2O1. The van der Waals surface area contributed by atoms with Crippen LogP contribution >= 0.6 is 0 Å². The van der Waals surface area contributed by atoms with Crippen LogP contribution in [0, 0.1) is 11.8 Å². The molecule has 3 fully saturated rings. The van der Waals surface area contributed by atoms with Crippen molar-refractivity contribution in [2.75, 3.05) is 13.2 Å². The number of carbonyl (C=O) groups is 1. The molecule has 2 heterocycles. The Morgan fingerprint density at radius 3 is 3.00 bits per heavy atom. The van der Waals surface area contributed by atoms with E-state index in [0.29, 0.717) is 12.8 Å². The Kier molecular flexibility index (Phi) is 3.54. The second-order valence-corrected chi connectivity index (χ2v) is 5.45. The van der Waals surface area contributed by atoms with Crippen molar-refractivity contribution >= 4 is 5.97 Å². The number of hydrogen-bond acceptors (Lipinski definition) is 5. The molecule has 0 aromatic rings. The van der Waals surface area contributed by atoms with Crippen molar-refractivity contribution in [1.29, 1.82) is 0 Å². The normalized spacial score (nSPS) is 43.8. The first-order valence-electron chi connectivity index (χ1n) is 6.85. The maximum Gasteiger partial charge on any atom is 0.306 e. The largest absolute Gasteiger partial charge is 0.462 e. The van der Waals surface area contributed by atoms with Gasteiger partial charge in [-0.1, -0.05) is 0 Å². The van der Waals surface area contributed by atoms with Gasteiger partial charge in [0.25, 0.3) is 0 Å². The van der Waals surface area contributed by atoms with E-state index in [-0.39, 0.29) is 42.9 Å². The molecule has 0 unspecified atom stereocenters. The topological polar surface area (TPSA) is 65.0 Å². The number of rotatable bonds is 3. The van der Waals surface area contributed by atoms with Crippen LogP contribution < -0.4 is 0 Å². The molecule has 18 heavy (non-hydrogen) atoms. The highest BCUT2D eigenvalue weighted by molar-refractivity contribution is 5.72. The van der Waals surface area contributed by atoms with Crippen molar-refractivity contribution in [1.82, 2.24) is 0 Å². The van der Waals surface area contributed by atoms with Crippen LogP contribution in [0.25, 0.3) is 0 Å². The Balaban J connectivity index is 1.61. The Bertz CT molecular complexity index is 313. The molecule has 3 rings (SSSR count). The van der Waals surface area contributed by atoms with E-state index in [1.807, 2.05) is 0 Å². The van der Waals surface area contributed by atoms with Gasteiger partial charge in [-0.15, -0.1) is 0 Å². The molecule has 1 aliphatic carbocycles. The lowest BCUT2D eigenvalue weighted by atomic mass is 9.93. The number of ether oxygens (including phenoxy) is 3. The van der Waals surface area contributed by atoms with E-state index < -0.39 is 0 Å². The minimum absolute atomic E-state index is 0.00646. The molecule has 1 saturated carbocycles. The highest BCUT2D eigenvalue weighted by Crippen LogP contribution is 2.43. The van der Waals surface area contributed by atoms with E-state index in [2.05, 4.69) is 0 Å². The van der Waals surface area contributed by atoms with Crippen molar-refractivity contribution in [3.8, 4) is 0 Å². The summed E-state index contributed by atoms with van der Waals surface area (Å²) in [6.45, 7) is 0.804. The predicted molar refractivity (Wildman–Crippen MR) is 61.6 cm³/mol. The summed E-state index contributed by atoms with van der Waals surface area (Å²) in [5, 5.41) is 9.51. The molecule has 5 atom stereocenters. The number of aliphatic hydroxyl groups excluding tert-OH is 1. The first-order valence-corrected chi connectivity index (χ1v) is 6.85. The zero-order valence-electron chi connectivity index (χ0n) is 10.4. The van der Waals surface area contributed by atoms with Crippen molar-refractivity contribution in [3.63, 3.8) is 0 Å². The molecular formula is C13H20O5. The molecule has 3 aliphatic rings. The summed E-state index contributed by atoms with van der Waals surface area (Å²) in [4.78, 5) is 11.2. The van der Waals surface area contributed by atoms with Crippen LogP contribution in [0.4, 0.5) is 0 Å². The first kappa shape index (κ1) is 12.4. The molecule has 102 valence electrons. The fourth-order valence-corrected chi connectivity index (χ4v) is 3.38. The summed E-state index contributed by atoms with van der Waals surface area (Å²) in [7, 11) is 0. The highest BCUT2D eigenvalue weighted by Gasteiger charge is 2.50. The fourth-order valence-electron chi connectivity index (χ4n) is 3.38. The third kappa shape index (κ3) is 2.27. The number of hydrogen-bond donors (Lipinski definition) is 1. The van der Waals surface area contributed by atoms with E-state index in [4.69, 9.17) is 14.2 Å². The van der Waals surface area contributed by atoms with Crippen LogP contribution in [0.5, 0.6) is 0 Å². The smallest absolute Gasteiger partial charge is 0.306 e. The minimum Gasteiger partial charge on any atom is -0.462 e. The molecule has 0 aromatic heterocycles. The summed E-state index contributed by atoms with van der Waals surface area (Å²) in [5.41, 5.74) is 0. The summed E-state index contributed by atoms with van der Waals surface area (Å²) >= 11 is 0. The first-order chi connectivity index (χ1) is 8.78.